The lowest BCUT2D eigenvalue weighted by Crippen LogP contribution is -2.14. The molecule has 5 nitrogen and oxygen atoms in total. The zero-order valence-corrected chi connectivity index (χ0v) is 10.9. The Morgan fingerprint density at radius 1 is 1.35 bits per heavy atom. The molecule has 0 bridgehead atoms. The van der Waals surface area contributed by atoms with Crippen LogP contribution in [0.5, 0.6) is 0 Å². The second-order valence-corrected chi connectivity index (χ2v) is 3.68. The number of hydrogen-bond acceptors (Lipinski definition) is 5. The Balaban J connectivity index is 2.72. The SMILES string of the molecule is CCOC(=O)C(=O)C=CC=C(O)c1ccc(C#N)cc1. The molecule has 102 valence electrons. The fraction of sp³-hybridized carbons (Fsp3) is 0.133. The molecule has 20 heavy (non-hydrogen) atoms. The number of carbonyl (C=O) groups is 2. The van der Waals surface area contributed by atoms with Crippen LogP contribution in [0.3, 0.4) is 0 Å². The number of nitrogens with zero attached hydrogens (tertiary/aromatic N) is 1. The van der Waals surface area contributed by atoms with Gasteiger partial charge in [0.25, 0.3) is 5.78 Å². The van der Waals surface area contributed by atoms with Crippen molar-refractivity contribution in [3.63, 3.8) is 0 Å². The van der Waals surface area contributed by atoms with E-state index in [0.29, 0.717) is 11.1 Å². The summed E-state index contributed by atoms with van der Waals surface area (Å²) in [5.74, 6) is -1.81. The van der Waals surface area contributed by atoms with Crippen molar-refractivity contribution in [1.82, 2.24) is 0 Å². The molecule has 1 rings (SSSR count). The molecular weight excluding hydrogens is 258 g/mol. The number of esters is 1. The molecule has 1 aromatic carbocycles. The average Bonchev–Trinajstić information content (AvgIpc) is 2.47. The molecule has 0 aromatic heterocycles. The normalized spacial score (nSPS) is 11.1. The van der Waals surface area contributed by atoms with E-state index in [1.807, 2.05) is 6.07 Å². The highest BCUT2D eigenvalue weighted by Gasteiger charge is 2.09. The van der Waals surface area contributed by atoms with Crippen LogP contribution in [0.15, 0.2) is 42.5 Å². The van der Waals surface area contributed by atoms with Crippen LogP contribution < -0.4 is 0 Å². The van der Waals surface area contributed by atoms with Gasteiger partial charge >= 0.3 is 5.97 Å². The maximum atomic E-state index is 11.2. The summed E-state index contributed by atoms with van der Waals surface area (Å²) in [5.41, 5.74) is 0.979. The molecule has 1 N–H and O–H groups in total. The largest absolute Gasteiger partial charge is 0.507 e. The molecule has 0 atom stereocenters. The van der Waals surface area contributed by atoms with E-state index < -0.39 is 11.8 Å². The highest BCUT2D eigenvalue weighted by Crippen LogP contribution is 2.12. The van der Waals surface area contributed by atoms with E-state index in [-0.39, 0.29) is 12.4 Å². The van der Waals surface area contributed by atoms with Gasteiger partial charge in [-0.2, -0.15) is 5.26 Å². The van der Waals surface area contributed by atoms with Crippen LogP contribution in [0.2, 0.25) is 0 Å². The van der Waals surface area contributed by atoms with Crippen LogP contribution in [0.4, 0.5) is 0 Å². The summed E-state index contributed by atoms with van der Waals surface area (Å²) >= 11 is 0. The van der Waals surface area contributed by atoms with Crippen molar-refractivity contribution < 1.29 is 19.4 Å². The van der Waals surface area contributed by atoms with Crippen molar-refractivity contribution >= 4 is 17.5 Å². The molecule has 0 heterocycles. The number of aliphatic hydroxyl groups excluding tert-OH is 1. The van der Waals surface area contributed by atoms with Crippen molar-refractivity contribution in [3.8, 4) is 6.07 Å². The van der Waals surface area contributed by atoms with Crippen LogP contribution in [0, 0.1) is 11.3 Å². The summed E-state index contributed by atoms with van der Waals surface area (Å²) in [7, 11) is 0. The molecule has 1 aromatic rings. The summed E-state index contributed by atoms with van der Waals surface area (Å²) in [5, 5.41) is 18.4. The highest BCUT2D eigenvalue weighted by molar-refractivity contribution is 6.38. The lowest BCUT2D eigenvalue weighted by Gasteiger charge is -1.98. The molecule has 0 aliphatic carbocycles. The zero-order chi connectivity index (χ0) is 15.0. The van der Waals surface area contributed by atoms with E-state index in [1.165, 1.54) is 12.2 Å². The number of benzene rings is 1. The van der Waals surface area contributed by atoms with Crippen molar-refractivity contribution in [1.29, 1.82) is 5.26 Å². The van der Waals surface area contributed by atoms with Gasteiger partial charge in [-0.3, -0.25) is 4.79 Å². The van der Waals surface area contributed by atoms with Gasteiger partial charge in [-0.1, -0.05) is 6.08 Å². The molecule has 5 heteroatoms. The van der Waals surface area contributed by atoms with Crippen LogP contribution in [0.1, 0.15) is 18.1 Å². The topological polar surface area (TPSA) is 87.4 Å². The molecule has 0 spiro atoms. The number of ether oxygens (including phenoxy) is 1. The zero-order valence-electron chi connectivity index (χ0n) is 10.9. The highest BCUT2D eigenvalue weighted by atomic mass is 16.5. The minimum Gasteiger partial charge on any atom is -0.507 e. The smallest absolute Gasteiger partial charge is 0.379 e. The van der Waals surface area contributed by atoms with Crippen LogP contribution in [-0.4, -0.2) is 23.5 Å². The van der Waals surface area contributed by atoms with Gasteiger partial charge < -0.3 is 9.84 Å². The number of carbonyl (C=O) groups excluding carboxylic acids is 2. The van der Waals surface area contributed by atoms with Gasteiger partial charge in [0.2, 0.25) is 0 Å². The van der Waals surface area contributed by atoms with Crippen LogP contribution in [-0.2, 0) is 14.3 Å². The Kier molecular flexibility index (Phi) is 5.73. The van der Waals surface area contributed by atoms with E-state index in [2.05, 4.69) is 4.74 Å². The fourth-order valence-electron chi connectivity index (χ4n) is 1.31. The minimum absolute atomic E-state index is 0.0811. The molecule has 0 saturated heterocycles. The number of aliphatic hydroxyl groups is 1. The maximum Gasteiger partial charge on any atom is 0.379 e. The third kappa shape index (κ3) is 4.42. The third-order valence-corrected chi connectivity index (χ3v) is 2.29. The fourth-order valence-corrected chi connectivity index (χ4v) is 1.31. The molecular formula is C15H13NO4. The molecule has 0 saturated carbocycles. The quantitative estimate of drug-likeness (QED) is 0.291. The van der Waals surface area contributed by atoms with E-state index in [0.717, 1.165) is 6.08 Å². The standard InChI is InChI=1S/C15H13NO4/c1-2-20-15(19)14(18)5-3-4-13(17)12-8-6-11(10-16)7-9-12/h3-9,17H,2H2,1H3. The average molecular weight is 271 g/mol. The molecule has 0 aliphatic heterocycles. The summed E-state index contributed by atoms with van der Waals surface area (Å²) in [6, 6.07) is 8.24. The molecule has 0 fully saturated rings. The Morgan fingerprint density at radius 3 is 2.55 bits per heavy atom. The predicted octanol–water partition coefficient (Wildman–Crippen LogP) is 2.15. The number of allylic oxidation sites excluding steroid dienone is 2. The Hall–Kier alpha value is -2.87. The lowest BCUT2D eigenvalue weighted by atomic mass is 10.1. The van der Waals surface area contributed by atoms with Gasteiger partial charge in [-0.25, -0.2) is 4.79 Å². The molecule has 0 unspecified atom stereocenters. The first-order chi connectivity index (χ1) is 9.58. The van der Waals surface area contributed by atoms with Gasteiger partial charge in [-0.15, -0.1) is 0 Å². The van der Waals surface area contributed by atoms with Gasteiger partial charge in [0.05, 0.1) is 18.2 Å². The number of hydrogen-bond donors (Lipinski definition) is 1. The van der Waals surface area contributed by atoms with Gasteiger partial charge in [0.1, 0.15) is 5.76 Å². The predicted molar refractivity (Wildman–Crippen MR) is 72.5 cm³/mol. The summed E-state index contributed by atoms with van der Waals surface area (Å²) in [6.45, 7) is 1.73. The third-order valence-electron chi connectivity index (χ3n) is 2.29. The van der Waals surface area contributed by atoms with E-state index in [9.17, 15) is 14.7 Å². The summed E-state index contributed by atoms with van der Waals surface area (Å²) in [4.78, 5) is 22.2. The number of nitriles is 1. The lowest BCUT2D eigenvalue weighted by molar-refractivity contribution is -0.151. The van der Waals surface area contributed by atoms with Gasteiger partial charge in [-0.05, 0) is 43.3 Å². The van der Waals surface area contributed by atoms with E-state index in [1.54, 1.807) is 31.2 Å². The Morgan fingerprint density at radius 2 is 2.00 bits per heavy atom. The first kappa shape index (κ1) is 15.2. The first-order valence-corrected chi connectivity index (χ1v) is 5.87. The summed E-state index contributed by atoms with van der Waals surface area (Å²) < 4.78 is 4.52. The van der Waals surface area contributed by atoms with Gasteiger partial charge in [0.15, 0.2) is 0 Å². The summed E-state index contributed by atoms with van der Waals surface area (Å²) in [6.07, 6.45) is 3.54. The maximum absolute atomic E-state index is 11.2. The second-order valence-electron chi connectivity index (χ2n) is 3.68. The number of ketones is 1. The van der Waals surface area contributed by atoms with E-state index in [4.69, 9.17) is 5.26 Å². The second kappa shape index (κ2) is 7.54. The Bertz CT molecular complexity index is 591. The van der Waals surface area contributed by atoms with Crippen molar-refractivity contribution in [2.75, 3.05) is 6.61 Å². The van der Waals surface area contributed by atoms with Crippen molar-refractivity contribution in [2.45, 2.75) is 6.92 Å². The molecule has 0 radical (unpaired) electrons. The van der Waals surface area contributed by atoms with Crippen molar-refractivity contribution in [2.24, 2.45) is 0 Å². The first-order valence-electron chi connectivity index (χ1n) is 5.87. The molecule has 0 aliphatic rings. The minimum atomic E-state index is -0.935. The Labute approximate surface area is 116 Å². The van der Waals surface area contributed by atoms with Crippen LogP contribution in [0.25, 0.3) is 5.76 Å². The van der Waals surface area contributed by atoms with Crippen molar-refractivity contribution in [3.05, 3.63) is 53.6 Å². The monoisotopic (exact) mass is 271 g/mol. The molecule has 0 amide bonds. The van der Waals surface area contributed by atoms with Crippen LogP contribution >= 0.6 is 0 Å². The number of rotatable bonds is 5. The van der Waals surface area contributed by atoms with Gasteiger partial charge in [0, 0.05) is 5.56 Å². The van der Waals surface area contributed by atoms with E-state index >= 15 is 0 Å².